The molecule has 1 fully saturated rings. The van der Waals surface area contributed by atoms with E-state index in [-0.39, 0.29) is 11.7 Å². The van der Waals surface area contributed by atoms with Crippen molar-refractivity contribution in [2.45, 2.75) is 12.8 Å². The van der Waals surface area contributed by atoms with Crippen LogP contribution in [0.2, 0.25) is 5.02 Å². The highest BCUT2D eigenvalue weighted by atomic mass is 35.5. The third-order valence-electron chi connectivity index (χ3n) is 3.73. The average Bonchev–Trinajstić information content (AvgIpc) is 3.01. The van der Waals surface area contributed by atoms with Crippen LogP contribution in [0.4, 0.5) is 15.8 Å². The fourth-order valence-electron chi connectivity index (χ4n) is 2.69. The second-order valence-corrected chi connectivity index (χ2v) is 5.76. The highest BCUT2D eigenvalue weighted by molar-refractivity contribution is 6.31. The molecule has 3 nitrogen and oxygen atoms in total. The van der Waals surface area contributed by atoms with E-state index >= 15 is 0 Å². The summed E-state index contributed by atoms with van der Waals surface area (Å²) in [7, 11) is 0. The monoisotopic (exact) mass is 318 g/mol. The van der Waals surface area contributed by atoms with Crippen LogP contribution in [0.1, 0.15) is 23.2 Å². The van der Waals surface area contributed by atoms with Gasteiger partial charge in [0.1, 0.15) is 5.82 Å². The van der Waals surface area contributed by atoms with Gasteiger partial charge in [-0.1, -0.05) is 17.7 Å². The normalized spacial score (nSPS) is 14.2. The van der Waals surface area contributed by atoms with E-state index in [1.807, 2.05) is 6.07 Å². The zero-order chi connectivity index (χ0) is 15.5. The molecule has 114 valence electrons. The van der Waals surface area contributed by atoms with Gasteiger partial charge in [0.05, 0.1) is 5.56 Å². The van der Waals surface area contributed by atoms with Crippen molar-refractivity contribution in [2.75, 3.05) is 23.3 Å². The van der Waals surface area contributed by atoms with Crippen molar-refractivity contribution < 1.29 is 9.18 Å². The first-order valence-electron chi connectivity index (χ1n) is 7.25. The minimum Gasteiger partial charge on any atom is -0.371 e. The minimum atomic E-state index is -0.385. The van der Waals surface area contributed by atoms with Crippen LogP contribution in [-0.2, 0) is 0 Å². The molecule has 22 heavy (non-hydrogen) atoms. The lowest BCUT2D eigenvalue weighted by Crippen LogP contribution is -2.22. The van der Waals surface area contributed by atoms with Gasteiger partial charge in [-0.2, -0.15) is 0 Å². The maximum atomic E-state index is 13.2. The molecule has 2 aromatic carbocycles. The third kappa shape index (κ3) is 3.22. The SMILES string of the molecule is O=C(Nc1cccc(F)c1)c1cc(Cl)ccc1N1CCCC1. The number of hydrogen-bond acceptors (Lipinski definition) is 2. The predicted octanol–water partition coefficient (Wildman–Crippen LogP) is 4.33. The smallest absolute Gasteiger partial charge is 0.257 e. The van der Waals surface area contributed by atoms with E-state index in [9.17, 15) is 9.18 Å². The highest BCUT2D eigenvalue weighted by Crippen LogP contribution is 2.28. The van der Waals surface area contributed by atoms with Crippen LogP contribution < -0.4 is 10.2 Å². The molecule has 0 aliphatic carbocycles. The van der Waals surface area contributed by atoms with Crippen LogP contribution in [0.25, 0.3) is 0 Å². The van der Waals surface area contributed by atoms with Gasteiger partial charge >= 0.3 is 0 Å². The number of benzene rings is 2. The van der Waals surface area contributed by atoms with Gasteiger partial charge in [0, 0.05) is 29.5 Å². The van der Waals surface area contributed by atoms with Gasteiger partial charge in [0.25, 0.3) is 5.91 Å². The second kappa shape index (κ2) is 6.36. The molecule has 0 saturated carbocycles. The molecule has 1 amide bonds. The van der Waals surface area contributed by atoms with Crippen molar-refractivity contribution in [2.24, 2.45) is 0 Å². The van der Waals surface area contributed by atoms with Gasteiger partial charge < -0.3 is 10.2 Å². The Morgan fingerprint density at radius 1 is 1.14 bits per heavy atom. The van der Waals surface area contributed by atoms with Gasteiger partial charge in [-0.3, -0.25) is 4.79 Å². The fourth-order valence-corrected chi connectivity index (χ4v) is 2.86. The van der Waals surface area contributed by atoms with Gasteiger partial charge in [0.15, 0.2) is 0 Å². The largest absolute Gasteiger partial charge is 0.371 e. The summed E-state index contributed by atoms with van der Waals surface area (Å²) >= 11 is 6.04. The number of nitrogens with one attached hydrogen (secondary N) is 1. The molecule has 3 rings (SSSR count). The van der Waals surface area contributed by atoms with E-state index in [0.29, 0.717) is 16.3 Å². The van der Waals surface area contributed by atoms with Crippen LogP contribution in [0, 0.1) is 5.82 Å². The van der Waals surface area contributed by atoms with Crippen molar-refractivity contribution in [3.8, 4) is 0 Å². The van der Waals surface area contributed by atoms with Gasteiger partial charge in [-0.25, -0.2) is 4.39 Å². The number of halogens is 2. The third-order valence-corrected chi connectivity index (χ3v) is 3.97. The van der Waals surface area contributed by atoms with E-state index in [2.05, 4.69) is 10.2 Å². The fraction of sp³-hybridized carbons (Fsp3) is 0.235. The Morgan fingerprint density at radius 2 is 1.91 bits per heavy atom. The molecule has 0 aromatic heterocycles. The lowest BCUT2D eigenvalue weighted by molar-refractivity contribution is 0.102. The van der Waals surface area contributed by atoms with Gasteiger partial charge in [0.2, 0.25) is 0 Å². The van der Waals surface area contributed by atoms with E-state index in [4.69, 9.17) is 11.6 Å². The standard InChI is InChI=1S/C17H16ClFN2O/c18-12-6-7-16(21-8-1-2-9-21)15(10-12)17(22)20-14-5-3-4-13(19)11-14/h3-7,10-11H,1-2,8-9H2,(H,20,22). The lowest BCUT2D eigenvalue weighted by atomic mass is 10.1. The first kappa shape index (κ1) is 14.9. The second-order valence-electron chi connectivity index (χ2n) is 5.32. The average molecular weight is 319 g/mol. The molecule has 0 radical (unpaired) electrons. The van der Waals surface area contributed by atoms with Crippen molar-refractivity contribution in [1.82, 2.24) is 0 Å². The molecule has 0 bridgehead atoms. The van der Waals surface area contributed by atoms with Crippen LogP contribution in [-0.4, -0.2) is 19.0 Å². The van der Waals surface area contributed by atoms with Gasteiger partial charge in [-0.15, -0.1) is 0 Å². The maximum Gasteiger partial charge on any atom is 0.257 e. The van der Waals surface area contributed by atoms with Crippen LogP contribution in [0.3, 0.4) is 0 Å². The molecule has 1 N–H and O–H groups in total. The quantitative estimate of drug-likeness (QED) is 0.913. The molecule has 1 aliphatic heterocycles. The van der Waals surface area contributed by atoms with Crippen molar-refractivity contribution in [1.29, 1.82) is 0 Å². The first-order chi connectivity index (χ1) is 10.6. The number of nitrogens with zero attached hydrogens (tertiary/aromatic N) is 1. The molecule has 1 heterocycles. The Balaban J connectivity index is 1.89. The van der Waals surface area contributed by atoms with Crippen molar-refractivity contribution in [3.05, 3.63) is 58.9 Å². The maximum absolute atomic E-state index is 13.2. The summed E-state index contributed by atoms with van der Waals surface area (Å²) in [6.45, 7) is 1.86. The topological polar surface area (TPSA) is 32.3 Å². The summed E-state index contributed by atoms with van der Waals surface area (Å²) < 4.78 is 13.2. The summed E-state index contributed by atoms with van der Waals surface area (Å²) in [6, 6.07) is 11.2. The summed E-state index contributed by atoms with van der Waals surface area (Å²) in [4.78, 5) is 14.7. The highest BCUT2D eigenvalue weighted by Gasteiger charge is 2.20. The Hall–Kier alpha value is -2.07. The predicted molar refractivity (Wildman–Crippen MR) is 87.3 cm³/mol. The molecule has 1 aliphatic rings. The van der Waals surface area contributed by atoms with Crippen LogP contribution in [0.15, 0.2) is 42.5 Å². The van der Waals surface area contributed by atoms with E-state index < -0.39 is 0 Å². The first-order valence-corrected chi connectivity index (χ1v) is 7.63. The Morgan fingerprint density at radius 3 is 2.64 bits per heavy atom. The van der Waals surface area contributed by atoms with Crippen LogP contribution >= 0.6 is 11.6 Å². The number of anilines is 2. The molecule has 0 atom stereocenters. The Kier molecular flexibility index (Phi) is 4.29. The molecule has 1 saturated heterocycles. The Bertz CT molecular complexity index is 699. The number of carbonyl (C=O) groups is 1. The minimum absolute atomic E-state index is 0.282. The molecular formula is C17H16ClFN2O. The Labute approximate surface area is 133 Å². The zero-order valence-corrected chi connectivity index (χ0v) is 12.7. The van der Waals surface area contributed by atoms with E-state index in [0.717, 1.165) is 31.6 Å². The summed E-state index contributed by atoms with van der Waals surface area (Å²) in [5.74, 6) is -0.668. The molecule has 0 spiro atoms. The molecular weight excluding hydrogens is 303 g/mol. The number of amides is 1. The van der Waals surface area contributed by atoms with Crippen molar-refractivity contribution in [3.63, 3.8) is 0 Å². The van der Waals surface area contributed by atoms with E-state index in [1.54, 1.807) is 24.3 Å². The summed E-state index contributed by atoms with van der Waals surface area (Å²) in [6.07, 6.45) is 2.24. The molecule has 5 heteroatoms. The lowest BCUT2D eigenvalue weighted by Gasteiger charge is -2.21. The summed E-state index contributed by atoms with van der Waals surface area (Å²) in [5.41, 5.74) is 1.81. The van der Waals surface area contributed by atoms with E-state index in [1.165, 1.54) is 12.1 Å². The summed E-state index contributed by atoms with van der Waals surface area (Å²) in [5, 5.41) is 3.23. The number of rotatable bonds is 3. The van der Waals surface area contributed by atoms with Gasteiger partial charge in [-0.05, 0) is 49.2 Å². The molecule has 2 aromatic rings. The van der Waals surface area contributed by atoms with Crippen LogP contribution in [0.5, 0.6) is 0 Å². The molecule has 0 unspecified atom stereocenters. The zero-order valence-electron chi connectivity index (χ0n) is 12.0. The number of hydrogen-bond donors (Lipinski definition) is 1. The number of carbonyl (C=O) groups excluding carboxylic acids is 1. The van der Waals surface area contributed by atoms with Crippen molar-refractivity contribution >= 4 is 28.9 Å².